The molecular weight excluding hydrogens is 416 g/mol. The van der Waals surface area contributed by atoms with E-state index in [1.54, 1.807) is 24.8 Å². The molecule has 0 amide bonds. The number of fused-ring (bicyclic) bond motifs is 1. The Morgan fingerprint density at radius 2 is 1.87 bits per heavy atom. The number of carbonyl (C=O) groups is 1. The van der Waals surface area contributed by atoms with Crippen LogP contribution in [0.2, 0.25) is 0 Å². The molecule has 4 aromatic rings. The normalized spacial score (nSPS) is 11.1. The Balaban J connectivity index is 2.23. The summed E-state index contributed by atoms with van der Waals surface area (Å²) >= 11 is 1.15. The maximum Gasteiger partial charge on any atom is 0.342 e. The molecule has 0 unspecified atom stereocenters. The lowest BCUT2D eigenvalue weighted by Gasteiger charge is -2.17. The number of rotatable bonds is 4. The molecule has 31 heavy (non-hydrogen) atoms. The fourth-order valence-electron chi connectivity index (χ4n) is 3.84. The highest BCUT2D eigenvalue weighted by Crippen LogP contribution is 2.41. The van der Waals surface area contributed by atoms with E-state index in [0.717, 1.165) is 28.3 Å². The van der Waals surface area contributed by atoms with Gasteiger partial charge < -0.3 is 20.9 Å². The molecule has 0 bridgehead atoms. The van der Waals surface area contributed by atoms with Crippen molar-refractivity contribution in [1.29, 1.82) is 0 Å². The van der Waals surface area contributed by atoms with Crippen molar-refractivity contribution in [3.8, 4) is 22.7 Å². The number of benzene rings is 1. The number of esters is 1. The predicted octanol–water partition coefficient (Wildman–Crippen LogP) is 3.43. The molecule has 3 aromatic heterocycles. The molecule has 0 saturated heterocycles. The third kappa shape index (κ3) is 3.07. The van der Waals surface area contributed by atoms with Gasteiger partial charge in [-0.3, -0.25) is 4.57 Å². The summed E-state index contributed by atoms with van der Waals surface area (Å²) in [6, 6.07) is 3.82. The fraction of sp³-hybridized carbons (Fsp3) is 0.238. The Morgan fingerprint density at radius 1 is 1.13 bits per heavy atom. The highest BCUT2D eigenvalue weighted by molar-refractivity contribution is 7.10. The third-order valence-corrected chi connectivity index (χ3v) is 5.86. The summed E-state index contributed by atoms with van der Waals surface area (Å²) in [6.07, 6.45) is 1.62. The zero-order valence-corrected chi connectivity index (χ0v) is 18.6. The number of nitrogens with two attached hydrogens (primary N) is 2. The van der Waals surface area contributed by atoms with Crippen molar-refractivity contribution in [3.05, 3.63) is 40.8 Å². The molecule has 1 aromatic carbocycles. The van der Waals surface area contributed by atoms with Gasteiger partial charge in [0.2, 0.25) is 0 Å². The summed E-state index contributed by atoms with van der Waals surface area (Å²) in [5.41, 5.74) is 17.0. The van der Waals surface area contributed by atoms with E-state index >= 15 is 0 Å². The van der Waals surface area contributed by atoms with Crippen LogP contribution in [0.1, 0.15) is 27.3 Å². The lowest BCUT2D eigenvalue weighted by molar-refractivity contribution is 0.0604. The molecule has 4 rings (SSSR count). The van der Waals surface area contributed by atoms with E-state index in [-0.39, 0.29) is 11.4 Å². The second-order valence-corrected chi connectivity index (χ2v) is 7.90. The molecule has 0 aliphatic heterocycles. The Labute approximate surface area is 182 Å². The van der Waals surface area contributed by atoms with Gasteiger partial charge in [0.25, 0.3) is 0 Å². The average Bonchev–Trinajstić information content (AvgIpc) is 3.28. The van der Waals surface area contributed by atoms with Crippen molar-refractivity contribution < 1.29 is 14.3 Å². The number of hydrogen-bond donors (Lipinski definition) is 2. The molecule has 0 radical (unpaired) electrons. The quantitative estimate of drug-likeness (QED) is 0.463. The first-order valence-corrected chi connectivity index (χ1v) is 10.2. The Kier molecular flexibility index (Phi) is 5.02. The first-order valence-electron chi connectivity index (χ1n) is 9.42. The van der Waals surface area contributed by atoms with E-state index in [1.165, 1.54) is 7.11 Å². The van der Waals surface area contributed by atoms with Crippen LogP contribution in [-0.4, -0.2) is 39.1 Å². The van der Waals surface area contributed by atoms with E-state index in [1.807, 2.05) is 26.0 Å². The minimum atomic E-state index is -0.588. The Morgan fingerprint density at radius 3 is 2.48 bits per heavy atom. The molecule has 3 heterocycles. The van der Waals surface area contributed by atoms with Gasteiger partial charge in [-0.1, -0.05) is 6.07 Å². The molecule has 0 spiro atoms. The first-order chi connectivity index (χ1) is 14.8. The highest BCUT2D eigenvalue weighted by Gasteiger charge is 2.29. The van der Waals surface area contributed by atoms with Crippen LogP contribution in [0.4, 0.5) is 10.8 Å². The van der Waals surface area contributed by atoms with Crippen molar-refractivity contribution in [2.45, 2.75) is 20.8 Å². The highest BCUT2D eigenvalue weighted by atomic mass is 32.1. The largest absolute Gasteiger partial charge is 0.496 e. The van der Waals surface area contributed by atoms with Gasteiger partial charge in [-0.05, 0) is 43.9 Å². The minimum absolute atomic E-state index is 0.180. The second-order valence-electron chi connectivity index (χ2n) is 7.07. The van der Waals surface area contributed by atoms with Crippen LogP contribution < -0.4 is 16.2 Å². The molecule has 4 N–H and O–H groups in total. The van der Waals surface area contributed by atoms with Crippen LogP contribution in [0, 0.1) is 20.8 Å². The summed E-state index contributed by atoms with van der Waals surface area (Å²) in [5, 5.41) is 0.943. The van der Waals surface area contributed by atoms with Gasteiger partial charge >= 0.3 is 5.97 Å². The number of methoxy groups -OCH3 is 2. The van der Waals surface area contributed by atoms with E-state index < -0.39 is 5.97 Å². The molecule has 0 atom stereocenters. The van der Waals surface area contributed by atoms with Crippen LogP contribution >= 0.6 is 11.5 Å². The SMILES string of the molecule is COC(=O)c1c(N)n(-c2c(C)ccc(OC)c2C)c2nc(C)nc(-c3cnsc3N)c12. The second kappa shape index (κ2) is 7.55. The van der Waals surface area contributed by atoms with Crippen molar-refractivity contribution in [2.24, 2.45) is 0 Å². The summed E-state index contributed by atoms with van der Waals surface area (Å²) < 4.78 is 16.5. The topological polar surface area (TPSA) is 131 Å². The lowest BCUT2D eigenvalue weighted by Crippen LogP contribution is -2.09. The monoisotopic (exact) mass is 438 g/mol. The lowest BCUT2D eigenvalue weighted by atomic mass is 10.1. The van der Waals surface area contributed by atoms with Gasteiger partial charge in [0.05, 0.1) is 42.7 Å². The predicted molar refractivity (Wildman–Crippen MR) is 121 cm³/mol. The smallest absolute Gasteiger partial charge is 0.342 e. The molecule has 0 aliphatic rings. The summed E-state index contributed by atoms with van der Waals surface area (Å²) in [5.74, 6) is 0.805. The number of anilines is 2. The van der Waals surface area contributed by atoms with Crippen molar-refractivity contribution in [3.63, 3.8) is 0 Å². The molecule has 0 fully saturated rings. The number of hydrogen-bond acceptors (Lipinski definition) is 9. The zero-order valence-electron chi connectivity index (χ0n) is 17.8. The maximum atomic E-state index is 12.8. The van der Waals surface area contributed by atoms with Gasteiger partial charge in [0.1, 0.15) is 28.0 Å². The molecule has 160 valence electrons. The molecule has 0 aliphatic carbocycles. The van der Waals surface area contributed by atoms with E-state index in [2.05, 4.69) is 14.3 Å². The van der Waals surface area contributed by atoms with Gasteiger partial charge in [-0.2, -0.15) is 4.37 Å². The van der Waals surface area contributed by atoms with Gasteiger partial charge in [-0.25, -0.2) is 14.8 Å². The zero-order chi connectivity index (χ0) is 22.4. The summed E-state index contributed by atoms with van der Waals surface area (Å²) in [6.45, 7) is 5.66. The van der Waals surface area contributed by atoms with Crippen molar-refractivity contribution in [1.82, 2.24) is 18.9 Å². The van der Waals surface area contributed by atoms with Crippen LogP contribution in [0.3, 0.4) is 0 Å². The molecule has 10 heteroatoms. The Bertz CT molecular complexity index is 1340. The van der Waals surface area contributed by atoms with Gasteiger partial charge in [-0.15, -0.1) is 0 Å². The number of carbonyl (C=O) groups excluding carboxylic acids is 1. The molecule has 0 saturated carbocycles. The fourth-order valence-corrected chi connectivity index (χ4v) is 4.36. The van der Waals surface area contributed by atoms with Crippen LogP contribution in [0.15, 0.2) is 18.3 Å². The van der Waals surface area contributed by atoms with E-state index in [0.29, 0.717) is 38.9 Å². The number of aryl methyl sites for hydroxylation is 2. The summed E-state index contributed by atoms with van der Waals surface area (Å²) in [7, 11) is 2.91. The number of nitrogen functional groups attached to an aromatic ring is 2. The van der Waals surface area contributed by atoms with E-state index in [4.69, 9.17) is 20.9 Å². The van der Waals surface area contributed by atoms with Crippen LogP contribution in [0.25, 0.3) is 28.0 Å². The van der Waals surface area contributed by atoms with E-state index in [9.17, 15) is 4.79 Å². The average molecular weight is 439 g/mol. The van der Waals surface area contributed by atoms with Crippen LogP contribution in [-0.2, 0) is 4.74 Å². The van der Waals surface area contributed by atoms with Gasteiger partial charge in [0, 0.05) is 5.56 Å². The number of nitrogens with zero attached hydrogens (tertiary/aromatic N) is 4. The standard InChI is InChI=1S/C21H22N6O3S/c1-9-6-7-13(29-4)10(2)17(9)27-18(22)15(21(28)30-5)14-16(12-8-24-31-19(12)23)25-11(3)26-20(14)27/h6-8H,22-23H2,1-5H3. The summed E-state index contributed by atoms with van der Waals surface area (Å²) in [4.78, 5) is 22.1. The maximum absolute atomic E-state index is 12.8. The van der Waals surface area contributed by atoms with Gasteiger partial charge in [0.15, 0.2) is 5.65 Å². The van der Waals surface area contributed by atoms with Crippen molar-refractivity contribution in [2.75, 3.05) is 25.7 Å². The molecular formula is C21H22N6O3S. The number of aromatic nitrogens is 4. The third-order valence-electron chi connectivity index (χ3n) is 5.23. The number of ether oxygens (including phenoxy) is 2. The molecule has 9 nitrogen and oxygen atoms in total. The minimum Gasteiger partial charge on any atom is -0.496 e. The van der Waals surface area contributed by atoms with Crippen LogP contribution in [0.5, 0.6) is 5.75 Å². The van der Waals surface area contributed by atoms with Crippen molar-refractivity contribution >= 4 is 39.4 Å². The Hall–Kier alpha value is -3.66. The first kappa shape index (κ1) is 20.6.